The van der Waals surface area contributed by atoms with E-state index in [-0.39, 0.29) is 36.2 Å². The maximum Gasteiger partial charge on any atom is 0.269 e. The summed E-state index contributed by atoms with van der Waals surface area (Å²) in [5, 5.41) is 43.0. The lowest BCUT2D eigenvalue weighted by atomic mass is 9.91. The van der Waals surface area contributed by atoms with E-state index in [1.165, 1.54) is 17.5 Å². The molecule has 0 spiro atoms. The lowest BCUT2D eigenvalue weighted by molar-refractivity contribution is -0.116. The van der Waals surface area contributed by atoms with Crippen LogP contribution in [-0.2, 0) is 17.8 Å². The minimum Gasteiger partial charge on any atom is -0.410 e. The molecule has 11 nitrogen and oxygen atoms in total. The molecule has 1 unspecified atom stereocenters. The summed E-state index contributed by atoms with van der Waals surface area (Å²) >= 11 is 0. The summed E-state index contributed by atoms with van der Waals surface area (Å²) in [5.41, 5.74) is 3.28. The maximum absolute atomic E-state index is 12.4. The minimum atomic E-state index is -1.03. The van der Waals surface area contributed by atoms with Crippen LogP contribution in [0.5, 0.6) is 0 Å². The van der Waals surface area contributed by atoms with Crippen LogP contribution < -0.4 is 16.0 Å². The summed E-state index contributed by atoms with van der Waals surface area (Å²) in [7, 11) is 0. The number of aromatic nitrogens is 2. The van der Waals surface area contributed by atoms with Crippen LogP contribution in [0.25, 0.3) is 0 Å². The predicted molar refractivity (Wildman–Crippen MR) is 153 cm³/mol. The number of nitrogens with one attached hydrogen (secondary N) is 3. The van der Waals surface area contributed by atoms with Crippen molar-refractivity contribution in [3.63, 3.8) is 0 Å². The largest absolute Gasteiger partial charge is 0.410 e. The van der Waals surface area contributed by atoms with Crippen molar-refractivity contribution in [2.24, 2.45) is 11.1 Å². The molecule has 11 heteroatoms. The van der Waals surface area contributed by atoms with Crippen LogP contribution >= 0.6 is 0 Å². The minimum absolute atomic E-state index is 0.0348. The lowest BCUT2D eigenvalue weighted by Crippen LogP contribution is -2.43. The molecule has 6 N–H and O–H groups in total. The highest BCUT2D eigenvalue weighted by Crippen LogP contribution is 2.23. The second-order valence-electron chi connectivity index (χ2n) is 11.4. The SMILES string of the molecule is CC(C)C/C(=N/O)C(=O)NC1CCC(Nc2cc(C(O)NC[C@H](O)CN3CCc4ccccc4C3)ncn2)CC1. The Hall–Kier alpha value is -3.12. The van der Waals surface area contributed by atoms with E-state index >= 15 is 0 Å². The first-order valence-corrected chi connectivity index (χ1v) is 14.3. The van der Waals surface area contributed by atoms with E-state index < -0.39 is 12.3 Å². The Kier molecular flexibility index (Phi) is 10.8. The van der Waals surface area contributed by atoms with Crippen LogP contribution in [0.4, 0.5) is 5.82 Å². The van der Waals surface area contributed by atoms with Gasteiger partial charge in [0.2, 0.25) is 0 Å². The van der Waals surface area contributed by atoms with Gasteiger partial charge in [-0.2, -0.15) is 0 Å². The highest BCUT2D eigenvalue weighted by molar-refractivity contribution is 6.38. The standard InChI is InChI=1S/C29H43N7O4/c1-19(2)13-26(35-40)29(39)34-23-9-7-22(8-10-23)33-27-14-25(31-18-32-27)28(38)30-15-24(37)17-36-12-11-20-5-3-4-6-21(20)16-36/h3-6,14,18-19,22-24,28,30,37-38,40H,7-13,15-17H2,1-2H3,(H,34,39)(H,31,32,33)/b35-26-/t22?,23?,24-,28?/m0/s1. The summed E-state index contributed by atoms with van der Waals surface area (Å²) in [4.78, 5) is 23.2. The normalized spacial score (nSPS) is 21.5. The van der Waals surface area contributed by atoms with Gasteiger partial charge in [0.1, 0.15) is 24.1 Å². The number of anilines is 1. The van der Waals surface area contributed by atoms with Crippen molar-refractivity contribution >= 4 is 17.4 Å². The second kappa shape index (κ2) is 14.5. The Bertz CT molecular complexity index is 1140. The number of β-amino-alcohol motifs (C(OH)–C–C–N with tert-alkyl or cyclic N) is 1. The maximum atomic E-state index is 12.4. The number of oxime groups is 1. The highest BCUT2D eigenvalue weighted by Gasteiger charge is 2.25. The van der Waals surface area contributed by atoms with Crippen LogP contribution in [0.2, 0.25) is 0 Å². The Morgan fingerprint density at radius 3 is 2.55 bits per heavy atom. The second-order valence-corrected chi connectivity index (χ2v) is 11.4. The Morgan fingerprint density at radius 2 is 1.82 bits per heavy atom. The lowest BCUT2D eigenvalue weighted by Gasteiger charge is -2.30. The molecule has 0 saturated heterocycles. The van der Waals surface area contributed by atoms with Crippen LogP contribution in [0.15, 0.2) is 41.8 Å². The number of rotatable bonds is 12. The van der Waals surface area contributed by atoms with Crippen molar-refractivity contribution in [2.45, 2.75) is 83.3 Å². The number of aliphatic hydroxyl groups excluding tert-OH is 2. The van der Waals surface area contributed by atoms with Gasteiger partial charge >= 0.3 is 0 Å². The number of benzene rings is 1. The summed E-state index contributed by atoms with van der Waals surface area (Å²) < 4.78 is 0. The predicted octanol–water partition coefficient (Wildman–Crippen LogP) is 2.19. The van der Waals surface area contributed by atoms with E-state index in [0.717, 1.165) is 45.2 Å². The van der Waals surface area contributed by atoms with Gasteiger partial charge in [0.25, 0.3) is 5.91 Å². The Morgan fingerprint density at radius 1 is 1.10 bits per heavy atom. The van der Waals surface area contributed by atoms with Gasteiger partial charge in [0.15, 0.2) is 0 Å². The van der Waals surface area contributed by atoms with Crippen molar-refractivity contribution in [3.8, 4) is 0 Å². The zero-order valence-electron chi connectivity index (χ0n) is 23.5. The number of aliphatic hydroxyl groups is 2. The van der Waals surface area contributed by atoms with Crippen molar-refractivity contribution < 1.29 is 20.2 Å². The third-order valence-electron chi connectivity index (χ3n) is 7.59. The topological polar surface area (TPSA) is 155 Å². The van der Waals surface area contributed by atoms with Crippen LogP contribution in [0, 0.1) is 5.92 Å². The van der Waals surface area contributed by atoms with E-state index in [9.17, 15) is 15.0 Å². The van der Waals surface area contributed by atoms with Gasteiger partial charge in [-0.3, -0.25) is 15.0 Å². The van der Waals surface area contributed by atoms with E-state index in [0.29, 0.717) is 24.5 Å². The molecular weight excluding hydrogens is 510 g/mol. The van der Waals surface area contributed by atoms with Gasteiger partial charge in [-0.1, -0.05) is 43.3 Å². The van der Waals surface area contributed by atoms with E-state index in [4.69, 9.17) is 5.21 Å². The van der Waals surface area contributed by atoms with Gasteiger partial charge < -0.3 is 26.1 Å². The molecule has 0 radical (unpaired) electrons. The van der Waals surface area contributed by atoms with Gasteiger partial charge in [-0.15, -0.1) is 0 Å². The van der Waals surface area contributed by atoms with E-state index in [2.05, 4.69) is 54.2 Å². The quantitative estimate of drug-likeness (QED) is 0.100. The average molecular weight is 554 g/mol. The van der Waals surface area contributed by atoms with Gasteiger partial charge in [-0.05, 0) is 49.1 Å². The summed E-state index contributed by atoms with van der Waals surface area (Å²) in [6.07, 6.45) is 4.45. The third-order valence-corrected chi connectivity index (χ3v) is 7.59. The highest BCUT2D eigenvalue weighted by atomic mass is 16.4. The average Bonchev–Trinajstić information content (AvgIpc) is 2.95. The van der Waals surface area contributed by atoms with Crippen molar-refractivity contribution in [1.82, 2.24) is 25.5 Å². The summed E-state index contributed by atoms with van der Waals surface area (Å²) in [6.45, 7) is 6.44. The van der Waals surface area contributed by atoms with E-state index in [1.807, 2.05) is 19.9 Å². The molecule has 2 aliphatic rings. The molecule has 40 heavy (non-hydrogen) atoms. The molecule has 1 aliphatic heterocycles. The Balaban J connectivity index is 1.19. The molecule has 1 aromatic carbocycles. The van der Waals surface area contributed by atoms with Crippen LogP contribution in [0.3, 0.4) is 0 Å². The van der Waals surface area contributed by atoms with Gasteiger partial charge in [-0.25, -0.2) is 9.97 Å². The number of hydrogen-bond donors (Lipinski definition) is 6. The first-order chi connectivity index (χ1) is 19.3. The molecule has 2 aromatic rings. The third kappa shape index (κ3) is 8.69. The molecule has 218 valence electrons. The molecule has 4 rings (SSSR count). The van der Waals surface area contributed by atoms with Crippen molar-refractivity contribution in [2.75, 3.05) is 25.0 Å². The molecule has 1 amide bonds. The monoisotopic (exact) mass is 553 g/mol. The van der Waals surface area contributed by atoms with E-state index in [1.54, 1.807) is 6.07 Å². The fourth-order valence-electron chi connectivity index (χ4n) is 5.45. The van der Waals surface area contributed by atoms with Crippen molar-refractivity contribution in [3.05, 3.63) is 53.5 Å². The molecule has 0 bridgehead atoms. The van der Waals surface area contributed by atoms with Gasteiger partial charge in [0, 0.05) is 50.7 Å². The number of carbonyl (C=O) groups excluding carboxylic acids is 1. The molecule has 2 atom stereocenters. The molecule has 1 aliphatic carbocycles. The molecular formula is C29H43N7O4. The Labute approximate surface area is 236 Å². The first kappa shape index (κ1) is 29.9. The van der Waals surface area contributed by atoms with Gasteiger partial charge in [0.05, 0.1) is 11.8 Å². The summed E-state index contributed by atoms with van der Waals surface area (Å²) in [5.74, 6) is 0.546. The number of carbonyl (C=O) groups is 1. The number of amides is 1. The smallest absolute Gasteiger partial charge is 0.269 e. The number of hydrogen-bond acceptors (Lipinski definition) is 10. The zero-order valence-corrected chi connectivity index (χ0v) is 23.5. The zero-order chi connectivity index (χ0) is 28.5. The molecule has 1 aromatic heterocycles. The number of fused-ring (bicyclic) bond motifs is 1. The summed E-state index contributed by atoms with van der Waals surface area (Å²) in [6, 6.07) is 10.3. The molecule has 1 fully saturated rings. The number of nitrogens with zero attached hydrogens (tertiary/aromatic N) is 4. The fourth-order valence-corrected chi connectivity index (χ4v) is 5.45. The molecule has 1 saturated carbocycles. The first-order valence-electron chi connectivity index (χ1n) is 14.3. The van der Waals surface area contributed by atoms with Crippen LogP contribution in [-0.4, -0.2) is 79.7 Å². The van der Waals surface area contributed by atoms with Crippen LogP contribution in [0.1, 0.15) is 69.0 Å². The van der Waals surface area contributed by atoms with Crippen molar-refractivity contribution in [1.29, 1.82) is 0 Å². The molecule has 2 heterocycles. The fraction of sp³-hybridized carbons (Fsp3) is 0.586.